The molecule has 3 rings (SSSR count). The van der Waals surface area contributed by atoms with Crippen LogP contribution in [0.3, 0.4) is 0 Å². The molecule has 1 N–H and O–H groups in total. The van der Waals surface area contributed by atoms with E-state index in [0.29, 0.717) is 30.0 Å². The van der Waals surface area contributed by atoms with Gasteiger partial charge < -0.3 is 19.6 Å². The molecule has 1 unspecified atom stereocenters. The van der Waals surface area contributed by atoms with Gasteiger partial charge in [-0.05, 0) is 26.1 Å². The molecule has 0 aliphatic carbocycles. The van der Waals surface area contributed by atoms with Crippen molar-refractivity contribution in [2.45, 2.75) is 26.8 Å². The van der Waals surface area contributed by atoms with Crippen LogP contribution in [-0.4, -0.2) is 59.9 Å². The van der Waals surface area contributed by atoms with Gasteiger partial charge in [-0.3, -0.25) is 9.59 Å². The lowest BCUT2D eigenvalue weighted by Crippen LogP contribution is -2.38. The first-order valence-electron chi connectivity index (χ1n) is 10.6. The van der Waals surface area contributed by atoms with E-state index < -0.39 is 17.7 Å². The zero-order chi connectivity index (χ0) is 22.5. The summed E-state index contributed by atoms with van der Waals surface area (Å²) >= 11 is 0. The lowest BCUT2D eigenvalue weighted by Gasteiger charge is -2.29. The van der Waals surface area contributed by atoms with E-state index in [2.05, 4.69) is 18.7 Å². The smallest absolute Gasteiger partial charge is 0.295 e. The number of likely N-dealkylation sites (tertiary alicyclic amines) is 1. The number of likely N-dealkylation sites (N-methyl/N-ethyl adjacent to an activating group) is 1. The second kappa shape index (κ2) is 9.79. The highest BCUT2D eigenvalue weighted by molar-refractivity contribution is 6.46. The van der Waals surface area contributed by atoms with Crippen molar-refractivity contribution in [3.63, 3.8) is 0 Å². The van der Waals surface area contributed by atoms with E-state index in [1.54, 1.807) is 30.2 Å². The van der Waals surface area contributed by atoms with Gasteiger partial charge in [0.15, 0.2) is 0 Å². The van der Waals surface area contributed by atoms with Gasteiger partial charge in [0.1, 0.15) is 11.5 Å². The van der Waals surface area contributed by atoms with Gasteiger partial charge in [0, 0.05) is 24.2 Å². The first-order chi connectivity index (χ1) is 14.9. The number of aryl methyl sites for hydroxylation is 1. The maximum Gasteiger partial charge on any atom is 0.295 e. The summed E-state index contributed by atoms with van der Waals surface area (Å²) < 4.78 is 5.53. The highest BCUT2D eigenvalue weighted by Gasteiger charge is 2.46. The van der Waals surface area contributed by atoms with E-state index in [4.69, 9.17) is 4.74 Å². The Bertz CT molecular complexity index is 977. The molecule has 31 heavy (non-hydrogen) atoms. The molecule has 1 aliphatic heterocycles. The van der Waals surface area contributed by atoms with Gasteiger partial charge in [-0.1, -0.05) is 61.9 Å². The Labute approximate surface area is 183 Å². The largest absolute Gasteiger partial charge is 0.507 e. The molecule has 6 heteroatoms. The van der Waals surface area contributed by atoms with E-state index in [1.807, 2.05) is 37.3 Å². The number of para-hydroxylation sites is 1. The van der Waals surface area contributed by atoms with Crippen LogP contribution in [0.5, 0.6) is 5.75 Å². The quantitative estimate of drug-likeness (QED) is 0.398. The second-order valence-electron chi connectivity index (χ2n) is 7.63. The summed E-state index contributed by atoms with van der Waals surface area (Å²) in [6.07, 6.45) is 0. The SMILES string of the molecule is CCN(CC)CCN1C(=O)C(=O)/C(=C(\O)c2ccc(C)cc2)C1c1ccccc1OC. The zero-order valence-electron chi connectivity index (χ0n) is 18.6. The monoisotopic (exact) mass is 422 g/mol. The number of carbonyl (C=O) groups excluding carboxylic acids is 2. The predicted octanol–water partition coefficient (Wildman–Crippen LogP) is 3.77. The summed E-state index contributed by atoms with van der Waals surface area (Å²) in [5, 5.41) is 11.1. The molecule has 6 nitrogen and oxygen atoms in total. The van der Waals surface area contributed by atoms with Crippen LogP contribution in [0.1, 0.15) is 36.6 Å². The van der Waals surface area contributed by atoms with Crippen LogP contribution in [0.4, 0.5) is 0 Å². The lowest BCUT2D eigenvalue weighted by atomic mass is 9.94. The Morgan fingerprint density at radius 1 is 1.06 bits per heavy atom. The fourth-order valence-electron chi connectivity index (χ4n) is 3.98. The number of methoxy groups -OCH3 is 1. The minimum atomic E-state index is -0.715. The third-order valence-corrected chi connectivity index (χ3v) is 5.85. The summed E-state index contributed by atoms with van der Waals surface area (Å²) in [7, 11) is 1.56. The number of ether oxygens (including phenoxy) is 1. The van der Waals surface area contributed by atoms with Crippen LogP contribution < -0.4 is 4.74 Å². The predicted molar refractivity (Wildman–Crippen MR) is 121 cm³/mol. The lowest BCUT2D eigenvalue weighted by molar-refractivity contribution is -0.140. The van der Waals surface area contributed by atoms with Crippen molar-refractivity contribution in [3.05, 3.63) is 70.8 Å². The Kier molecular flexibility index (Phi) is 7.13. The molecule has 1 saturated heterocycles. The van der Waals surface area contributed by atoms with Crippen molar-refractivity contribution in [2.24, 2.45) is 0 Å². The second-order valence-corrected chi connectivity index (χ2v) is 7.63. The molecule has 2 aromatic carbocycles. The summed E-state index contributed by atoms with van der Waals surface area (Å²) in [6, 6.07) is 13.8. The van der Waals surface area contributed by atoms with Crippen LogP contribution in [0, 0.1) is 6.92 Å². The van der Waals surface area contributed by atoms with Crippen molar-refractivity contribution in [1.29, 1.82) is 0 Å². The number of ketones is 1. The zero-order valence-corrected chi connectivity index (χ0v) is 18.6. The number of aliphatic hydroxyl groups excluding tert-OH is 1. The standard InChI is InChI=1S/C25H30N2O4/c1-5-26(6-2)15-16-27-22(19-9-7-8-10-20(19)31-4)21(24(29)25(27)30)23(28)18-13-11-17(3)12-14-18/h7-14,22,28H,5-6,15-16H2,1-4H3/b23-21-. The number of amides is 1. The maximum absolute atomic E-state index is 13.1. The number of carbonyl (C=O) groups is 2. The third-order valence-electron chi connectivity index (χ3n) is 5.85. The van der Waals surface area contributed by atoms with E-state index >= 15 is 0 Å². The molecule has 0 aromatic heterocycles. The van der Waals surface area contributed by atoms with Gasteiger partial charge in [-0.2, -0.15) is 0 Å². The molecule has 164 valence electrons. The number of hydrogen-bond acceptors (Lipinski definition) is 5. The van der Waals surface area contributed by atoms with Crippen LogP contribution in [0.25, 0.3) is 5.76 Å². The Morgan fingerprint density at radius 2 is 1.71 bits per heavy atom. The average Bonchev–Trinajstić information content (AvgIpc) is 3.04. The molecule has 0 radical (unpaired) electrons. The maximum atomic E-state index is 13.1. The van der Waals surface area contributed by atoms with Crippen LogP contribution in [-0.2, 0) is 9.59 Å². The Balaban J connectivity index is 2.14. The normalized spacial score (nSPS) is 18.1. The molecular weight excluding hydrogens is 392 g/mol. The highest BCUT2D eigenvalue weighted by Crippen LogP contribution is 2.42. The first kappa shape index (κ1) is 22.6. The minimum absolute atomic E-state index is 0.0953. The third kappa shape index (κ3) is 4.49. The van der Waals surface area contributed by atoms with Gasteiger partial charge in [0.2, 0.25) is 0 Å². The van der Waals surface area contributed by atoms with Crippen LogP contribution >= 0.6 is 0 Å². The van der Waals surface area contributed by atoms with E-state index in [1.165, 1.54) is 0 Å². The molecular formula is C25H30N2O4. The summed E-state index contributed by atoms with van der Waals surface area (Å²) in [5.74, 6) is -0.873. The number of hydrogen-bond donors (Lipinski definition) is 1. The molecule has 1 heterocycles. The molecule has 0 saturated carbocycles. The van der Waals surface area contributed by atoms with Crippen LogP contribution in [0.15, 0.2) is 54.1 Å². The van der Waals surface area contributed by atoms with Crippen molar-refractivity contribution >= 4 is 17.4 Å². The summed E-state index contributed by atoms with van der Waals surface area (Å²) in [4.78, 5) is 29.9. The fourth-order valence-corrected chi connectivity index (χ4v) is 3.98. The first-order valence-corrected chi connectivity index (χ1v) is 10.6. The summed E-state index contributed by atoms with van der Waals surface area (Å²) in [6.45, 7) is 8.78. The minimum Gasteiger partial charge on any atom is -0.507 e. The Morgan fingerprint density at radius 3 is 2.32 bits per heavy atom. The number of benzene rings is 2. The van der Waals surface area contributed by atoms with E-state index in [9.17, 15) is 14.7 Å². The number of Topliss-reactive ketones (excluding diaryl/α,β-unsaturated/α-hetero) is 1. The van der Waals surface area contributed by atoms with Crippen molar-refractivity contribution in [3.8, 4) is 5.75 Å². The molecule has 1 aliphatic rings. The molecule has 0 bridgehead atoms. The van der Waals surface area contributed by atoms with Crippen molar-refractivity contribution in [1.82, 2.24) is 9.80 Å². The number of rotatable bonds is 8. The average molecular weight is 423 g/mol. The van der Waals surface area contributed by atoms with Gasteiger partial charge in [0.25, 0.3) is 11.7 Å². The topological polar surface area (TPSA) is 70.1 Å². The van der Waals surface area contributed by atoms with Crippen molar-refractivity contribution in [2.75, 3.05) is 33.3 Å². The fraction of sp³-hybridized carbons (Fsp3) is 0.360. The molecule has 1 atom stereocenters. The Hall–Kier alpha value is -3.12. The van der Waals surface area contributed by atoms with Crippen LogP contribution in [0.2, 0.25) is 0 Å². The molecule has 0 spiro atoms. The highest BCUT2D eigenvalue weighted by atomic mass is 16.5. The molecule has 1 amide bonds. The van der Waals surface area contributed by atoms with Gasteiger partial charge in [0.05, 0.1) is 18.7 Å². The number of nitrogens with zero attached hydrogens (tertiary/aromatic N) is 2. The summed E-state index contributed by atoms with van der Waals surface area (Å²) in [5.41, 5.74) is 2.32. The van der Waals surface area contributed by atoms with Gasteiger partial charge in [-0.15, -0.1) is 0 Å². The molecule has 2 aromatic rings. The van der Waals surface area contributed by atoms with E-state index in [-0.39, 0.29) is 11.3 Å². The molecule has 1 fully saturated rings. The van der Waals surface area contributed by atoms with Gasteiger partial charge >= 0.3 is 0 Å². The van der Waals surface area contributed by atoms with Gasteiger partial charge in [-0.25, -0.2) is 0 Å². The number of aliphatic hydroxyl groups is 1. The van der Waals surface area contributed by atoms with E-state index in [0.717, 1.165) is 18.7 Å². The van der Waals surface area contributed by atoms with Crippen molar-refractivity contribution < 1.29 is 19.4 Å².